The summed E-state index contributed by atoms with van der Waals surface area (Å²) in [5, 5.41) is 5.80. The van der Waals surface area contributed by atoms with Gasteiger partial charge in [0.05, 0.1) is 0 Å². The molecule has 0 unspecified atom stereocenters. The van der Waals surface area contributed by atoms with Crippen molar-refractivity contribution in [3.05, 3.63) is 35.6 Å². The van der Waals surface area contributed by atoms with Crippen LogP contribution in [0.1, 0.15) is 51.5 Å². The Morgan fingerprint density at radius 1 is 1.12 bits per heavy atom. The Hall–Kier alpha value is -1.91. The van der Waals surface area contributed by atoms with Crippen molar-refractivity contribution in [3.63, 3.8) is 0 Å². The molecule has 0 aliphatic heterocycles. The summed E-state index contributed by atoms with van der Waals surface area (Å²) in [6.07, 6.45) is 4.80. The lowest BCUT2D eigenvalue weighted by Crippen LogP contribution is -2.42. The Morgan fingerprint density at radius 2 is 1.79 bits per heavy atom. The quantitative estimate of drug-likeness (QED) is 0.805. The second-order valence-corrected chi connectivity index (χ2v) is 6.86. The van der Waals surface area contributed by atoms with Crippen LogP contribution in [0.2, 0.25) is 0 Å². The van der Waals surface area contributed by atoms with Crippen molar-refractivity contribution < 1.29 is 14.0 Å². The van der Waals surface area contributed by atoms with Gasteiger partial charge in [0.15, 0.2) is 0 Å². The third-order valence-electron chi connectivity index (χ3n) is 4.50. The highest BCUT2D eigenvalue weighted by Crippen LogP contribution is 2.24. The summed E-state index contributed by atoms with van der Waals surface area (Å²) in [7, 11) is 0. The molecular weight excluding hydrogens is 307 g/mol. The van der Waals surface area contributed by atoms with Gasteiger partial charge in [0.2, 0.25) is 11.8 Å². The van der Waals surface area contributed by atoms with Gasteiger partial charge >= 0.3 is 0 Å². The lowest BCUT2D eigenvalue weighted by Gasteiger charge is -2.19. The Labute approximate surface area is 143 Å². The zero-order valence-electron chi connectivity index (χ0n) is 14.5. The summed E-state index contributed by atoms with van der Waals surface area (Å²) in [5.74, 6) is -0.212. The lowest BCUT2D eigenvalue weighted by molar-refractivity contribution is -0.126. The lowest BCUT2D eigenvalue weighted by atomic mass is 10.1. The molecule has 5 heteroatoms. The predicted octanol–water partition coefficient (Wildman–Crippen LogP) is 2.96. The van der Waals surface area contributed by atoms with Crippen LogP contribution in [0.25, 0.3) is 0 Å². The smallest absolute Gasteiger partial charge is 0.223 e. The highest BCUT2D eigenvalue weighted by atomic mass is 19.1. The van der Waals surface area contributed by atoms with Crippen LogP contribution in [-0.4, -0.2) is 23.9 Å². The Morgan fingerprint density at radius 3 is 2.46 bits per heavy atom. The summed E-state index contributed by atoms with van der Waals surface area (Å²) in [4.78, 5) is 24.1. The van der Waals surface area contributed by atoms with E-state index < -0.39 is 0 Å². The maximum atomic E-state index is 13.6. The fourth-order valence-electron chi connectivity index (χ4n) is 3.26. The fraction of sp³-hybridized carbons (Fsp3) is 0.579. The Kier molecular flexibility index (Phi) is 6.76. The Bertz CT molecular complexity index is 570. The van der Waals surface area contributed by atoms with Crippen LogP contribution in [-0.2, 0) is 16.0 Å². The number of amides is 2. The van der Waals surface area contributed by atoms with E-state index in [-0.39, 0.29) is 42.1 Å². The number of benzene rings is 1. The summed E-state index contributed by atoms with van der Waals surface area (Å²) >= 11 is 0. The van der Waals surface area contributed by atoms with Crippen LogP contribution < -0.4 is 10.6 Å². The molecular formula is C19H27FN2O2. The van der Waals surface area contributed by atoms with Crippen molar-refractivity contribution in [3.8, 4) is 0 Å². The number of hydrogen-bond acceptors (Lipinski definition) is 2. The molecule has 0 spiro atoms. The van der Waals surface area contributed by atoms with E-state index in [2.05, 4.69) is 10.6 Å². The van der Waals surface area contributed by atoms with Gasteiger partial charge < -0.3 is 10.6 Å². The summed E-state index contributed by atoms with van der Waals surface area (Å²) in [6.45, 7) is 3.69. The first-order valence-corrected chi connectivity index (χ1v) is 8.79. The van der Waals surface area contributed by atoms with E-state index in [4.69, 9.17) is 0 Å². The third kappa shape index (κ3) is 5.62. The maximum absolute atomic E-state index is 13.6. The average molecular weight is 334 g/mol. The molecule has 2 N–H and O–H groups in total. The molecule has 2 amide bonds. The molecule has 2 atom stereocenters. The van der Waals surface area contributed by atoms with Crippen LogP contribution in [0.3, 0.4) is 0 Å². The molecule has 0 heterocycles. The van der Waals surface area contributed by atoms with E-state index in [1.54, 1.807) is 18.2 Å². The summed E-state index contributed by atoms with van der Waals surface area (Å²) in [6, 6.07) is 6.23. The zero-order valence-corrected chi connectivity index (χ0v) is 14.5. The molecule has 1 aromatic carbocycles. The van der Waals surface area contributed by atoms with Crippen molar-refractivity contribution in [2.24, 2.45) is 5.92 Å². The number of halogens is 1. The minimum atomic E-state index is -0.254. The van der Waals surface area contributed by atoms with E-state index >= 15 is 0 Å². The van der Waals surface area contributed by atoms with Crippen molar-refractivity contribution in [1.82, 2.24) is 10.6 Å². The average Bonchev–Trinajstić information content (AvgIpc) is 3.03. The number of carbonyl (C=O) groups is 2. The van der Waals surface area contributed by atoms with Gasteiger partial charge in [0.25, 0.3) is 0 Å². The molecule has 1 aliphatic rings. The van der Waals surface area contributed by atoms with Crippen LogP contribution in [0.4, 0.5) is 4.39 Å². The van der Waals surface area contributed by atoms with E-state index in [9.17, 15) is 14.0 Å². The standard InChI is InChI=1S/C19H27FN2O2/c1-13(11-16-9-5-6-10-17(16)20)21-18(23)12-14(2)22-19(24)15-7-3-4-8-15/h5-6,9-10,13-15H,3-4,7-8,11-12H2,1-2H3,(H,21,23)(H,22,24)/t13-,14+/m0/s1. The minimum Gasteiger partial charge on any atom is -0.353 e. The van der Waals surface area contributed by atoms with Gasteiger partial charge in [-0.3, -0.25) is 9.59 Å². The van der Waals surface area contributed by atoms with Crippen molar-refractivity contribution in [1.29, 1.82) is 0 Å². The van der Waals surface area contributed by atoms with Crippen molar-refractivity contribution >= 4 is 11.8 Å². The molecule has 1 aromatic rings. The monoisotopic (exact) mass is 334 g/mol. The molecule has 0 bridgehead atoms. The molecule has 4 nitrogen and oxygen atoms in total. The summed E-state index contributed by atoms with van der Waals surface area (Å²) < 4.78 is 13.6. The zero-order chi connectivity index (χ0) is 17.5. The molecule has 1 saturated carbocycles. The first kappa shape index (κ1) is 18.4. The number of nitrogens with one attached hydrogen (secondary N) is 2. The van der Waals surface area contributed by atoms with E-state index in [1.807, 2.05) is 13.8 Å². The van der Waals surface area contributed by atoms with Crippen LogP contribution in [0.15, 0.2) is 24.3 Å². The molecule has 2 rings (SSSR count). The largest absolute Gasteiger partial charge is 0.353 e. The van der Waals surface area contributed by atoms with Gasteiger partial charge in [0.1, 0.15) is 5.82 Å². The normalized spacial score (nSPS) is 17.3. The SMILES string of the molecule is C[C@H](CC(=O)N[C@@H](C)Cc1ccccc1F)NC(=O)C1CCCC1. The van der Waals surface area contributed by atoms with Gasteiger partial charge in [0, 0.05) is 24.4 Å². The molecule has 0 saturated heterocycles. The van der Waals surface area contributed by atoms with E-state index in [0.717, 1.165) is 25.7 Å². The molecule has 0 aromatic heterocycles. The third-order valence-corrected chi connectivity index (χ3v) is 4.50. The Balaban J connectivity index is 1.73. The number of hydrogen-bond donors (Lipinski definition) is 2. The van der Waals surface area contributed by atoms with Gasteiger partial charge in [-0.15, -0.1) is 0 Å². The second-order valence-electron chi connectivity index (χ2n) is 6.86. The van der Waals surface area contributed by atoms with Crippen molar-refractivity contribution in [2.45, 2.75) is 64.5 Å². The first-order valence-electron chi connectivity index (χ1n) is 8.79. The van der Waals surface area contributed by atoms with Gasteiger partial charge in [-0.05, 0) is 44.7 Å². The van der Waals surface area contributed by atoms with Crippen LogP contribution in [0, 0.1) is 11.7 Å². The van der Waals surface area contributed by atoms with E-state index in [1.165, 1.54) is 6.07 Å². The highest BCUT2D eigenvalue weighted by Gasteiger charge is 2.24. The van der Waals surface area contributed by atoms with Crippen molar-refractivity contribution in [2.75, 3.05) is 0 Å². The minimum absolute atomic E-state index is 0.0622. The van der Waals surface area contributed by atoms with Crippen LogP contribution >= 0.6 is 0 Å². The van der Waals surface area contributed by atoms with Gasteiger partial charge in [-0.2, -0.15) is 0 Å². The second kappa shape index (κ2) is 8.81. The van der Waals surface area contributed by atoms with Gasteiger partial charge in [-0.25, -0.2) is 4.39 Å². The van der Waals surface area contributed by atoms with E-state index in [0.29, 0.717) is 12.0 Å². The molecule has 24 heavy (non-hydrogen) atoms. The molecule has 1 aliphatic carbocycles. The van der Waals surface area contributed by atoms with Gasteiger partial charge in [-0.1, -0.05) is 31.0 Å². The molecule has 0 radical (unpaired) electrons. The topological polar surface area (TPSA) is 58.2 Å². The molecule has 132 valence electrons. The fourth-order valence-corrected chi connectivity index (χ4v) is 3.26. The number of carbonyl (C=O) groups excluding carboxylic acids is 2. The summed E-state index contributed by atoms with van der Waals surface area (Å²) in [5.41, 5.74) is 0.591. The number of rotatable bonds is 7. The predicted molar refractivity (Wildman–Crippen MR) is 91.9 cm³/mol. The first-order chi connectivity index (χ1) is 11.5. The maximum Gasteiger partial charge on any atom is 0.223 e. The van der Waals surface area contributed by atoms with Crippen LogP contribution in [0.5, 0.6) is 0 Å². The highest BCUT2D eigenvalue weighted by molar-refractivity contribution is 5.81. The molecule has 1 fully saturated rings.